The summed E-state index contributed by atoms with van der Waals surface area (Å²) in [5.74, 6) is 1.06. The van der Waals surface area contributed by atoms with E-state index in [1.54, 1.807) is 6.92 Å². The van der Waals surface area contributed by atoms with E-state index in [-0.39, 0.29) is 17.0 Å². The highest BCUT2D eigenvalue weighted by molar-refractivity contribution is 8.00. The molecular formula is C19H25NO3S. The molecule has 3 atom stereocenters. The molecule has 1 saturated heterocycles. The Bertz CT molecular complexity index is 631. The normalized spacial score (nSPS) is 25.5. The van der Waals surface area contributed by atoms with E-state index in [9.17, 15) is 9.59 Å². The van der Waals surface area contributed by atoms with Gasteiger partial charge in [0.05, 0.1) is 11.9 Å². The Morgan fingerprint density at radius 2 is 2.08 bits per heavy atom. The van der Waals surface area contributed by atoms with E-state index in [0.717, 1.165) is 19.3 Å². The van der Waals surface area contributed by atoms with Crippen molar-refractivity contribution in [2.24, 2.45) is 5.92 Å². The molecule has 1 aliphatic carbocycles. The number of esters is 1. The molecule has 0 bridgehead atoms. The Hall–Kier alpha value is -1.33. The molecule has 1 heterocycles. The highest BCUT2D eigenvalue weighted by Gasteiger charge is 2.39. The second-order valence-corrected chi connectivity index (χ2v) is 7.85. The Morgan fingerprint density at radius 1 is 1.29 bits per heavy atom. The lowest BCUT2D eigenvalue weighted by molar-refractivity contribution is -0.146. The van der Waals surface area contributed by atoms with Gasteiger partial charge in [-0.25, -0.2) is 0 Å². The summed E-state index contributed by atoms with van der Waals surface area (Å²) in [6.07, 6.45) is 3.59. The summed E-state index contributed by atoms with van der Waals surface area (Å²) in [5.41, 5.74) is 4.17. The molecule has 0 amide bonds. The van der Waals surface area contributed by atoms with E-state index in [1.165, 1.54) is 28.5 Å². The SMILES string of the molecule is CCOC(=O)[C@H]1NCSC1C(=O)CCC1Cc2ccc(C)cc2C1. The van der Waals surface area contributed by atoms with Gasteiger partial charge in [-0.3, -0.25) is 14.9 Å². The molecule has 0 aromatic heterocycles. The van der Waals surface area contributed by atoms with Crippen molar-refractivity contribution in [2.75, 3.05) is 12.5 Å². The molecule has 1 N–H and O–H groups in total. The zero-order chi connectivity index (χ0) is 17.1. The number of rotatable bonds is 6. The molecule has 2 aliphatic rings. The first-order chi connectivity index (χ1) is 11.6. The van der Waals surface area contributed by atoms with Crippen LogP contribution in [0.3, 0.4) is 0 Å². The van der Waals surface area contributed by atoms with E-state index in [2.05, 4.69) is 30.4 Å². The zero-order valence-corrected chi connectivity index (χ0v) is 15.2. The van der Waals surface area contributed by atoms with Crippen molar-refractivity contribution in [2.45, 2.75) is 50.8 Å². The summed E-state index contributed by atoms with van der Waals surface area (Å²) in [5, 5.41) is 2.79. The van der Waals surface area contributed by atoms with Gasteiger partial charge in [-0.15, -0.1) is 11.8 Å². The molecule has 4 nitrogen and oxygen atoms in total. The molecule has 0 saturated carbocycles. The van der Waals surface area contributed by atoms with Crippen LogP contribution in [-0.2, 0) is 27.2 Å². The smallest absolute Gasteiger partial charge is 0.324 e. The van der Waals surface area contributed by atoms with Crippen LogP contribution < -0.4 is 5.32 Å². The second-order valence-electron chi connectivity index (χ2n) is 6.72. The Kier molecular flexibility index (Phi) is 5.61. The first kappa shape index (κ1) is 17.5. The van der Waals surface area contributed by atoms with Gasteiger partial charge >= 0.3 is 5.97 Å². The maximum atomic E-state index is 12.6. The number of thioether (sulfide) groups is 1. The Labute approximate surface area is 147 Å². The van der Waals surface area contributed by atoms with Crippen LogP contribution in [0, 0.1) is 12.8 Å². The monoisotopic (exact) mass is 347 g/mol. The summed E-state index contributed by atoms with van der Waals surface area (Å²) in [6.45, 7) is 4.26. The van der Waals surface area contributed by atoms with Crippen LogP contribution in [0.4, 0.5) is 0 Å². The predicted octanol–water partition coefficient (Wildman–Crippen LogP) is 2.65. The fraction of sp³-hybridized carbons (Fsp3) is 0.579. The average molecular weight is 347 g/mol. The van der Waals surface area contributed by atoms with E-state index in [0.29, 0.717) is 24.8 Å². The van der Waals surface area contributed by atoms with Crippen LogP contribution in [0.5, 0.6) is 0 Å². The molecular weight excluding hydrogens is 322 g/mol. The molecule has 2 unspecified atom stereocenters. The van der Waals surface area contributed by atoms with Gasteiger partial charge in [0.2, 0.25) is 0 Å². The number of ether oxygens (including phenoxy) is 1. The lowest BCUT2D eigenvalue weighted by Crippen LogP contribution is -2.43. The van der Waals surface area contributed by atoms with Gasteiger partial charge in [0, 0.05) is 12.3 Å². The number of ketones is 1. The lowest BCUT2D eigenvalue weighted by Gasteiger charge is -2.17. The number of fused-ring (bicyclic) bond motifs is 1. The van der Waals surface area contributed by atoms with Crippen LogP contribution >= 0.6 is 11.8 Å². The maximum Gasteiger partial charge on any atom is 0.324 e. The number of benzene rings is 1. The standard InChI is InChI=1S/C19H25NO3S/c1-3-23-19(22)17-18(24-11-20-17)16(21)7-5-13-9-14-6-4-12(2)8-15(14)10-13/h4,6,8,13,17-18,20H,3,5,7,9-11H2,1-2H3/t13?,17-,18?/m0/s1. The molecule has 24 heavy (non-hydrogen) atoms. The molecule has 1 aliphatic heterocycles. The number of hydrogen-bond donors (Lipinski definition) is 1. The van der Waals surface area contributed by atoms with Crippen LogP contribution in [0.25, 0.3) is 0 Å². The van der Waals surface area contributed by atoms with Gasteiger partial charge in [-0.05, 0) is 50.2 Å². The summed E-state index contributed by atoms with van der Waals surface area (Å²) >= 11 is 1.52. The molecule has 0 radical (unpaired) electrons. The van der Waals surface area contributed by atoms with Gasteiger partial charge in [0.1, 0.15) is 11.8 Å². The minimum atomic E-state index is -0.481. The molecule has 1 aromatic rings. The number of aryl methyl sites for hydroxylation is 1. The van der Waals surface area contributed by atoms with Gasteiger partial charge in [-0.1, -0.05) is 23.8 Å². The van der Waals surface area contributed by atoms with Crippen molar-refractivity contribution in [3.8, 4) is 0 Å². The third-order valence-electron chi connectivity index (χ3n) is 4.90. The minimum absolute atomic E-state index is 0.176. The fourth-order valence-corrected chi connectivity index (χ4v) is 4.84. The van der Waals surface area contributed by atoms with Crippen LogP contribution in [0.1, 0.15) is 36.5 Å². The molecule has 1 aromatic carbocycles. The molecule has 1 fully saturated rings. The van der Waals surface area contributed by atoms with Crippen LogP contribution in [-0.4, -0.2) is 35.5 Å². The van der Waals surface area contributed by atoms with E-state index in [4.69, 9.17) is 4.74 Å². The second kappa shape index (κ2) is 7.70. The molecule has 0 spiro atoms. The minimum Gasteiger partial charge on any atom is -0.465 e. The maximum absolute atomic E-state index is 12.6. The summed E-state index contributed by atoms with van der Waals surface area (Å²) in [4.78, 5) is 24.5. The van der Waals surface area contributed by atoms with Crippen molar-refractivity contribution in [1.29, 1.82) is 0 Å². The lowest BCUT2D eigenvalue weighted by atomic mass is 9.96. The largest absolute Gasteiger partial charge is 0.465 e. The van der Waals surface area contributed by atoms with Crippen LogP contribution in [0.15, 0.2) is 18.2 Å². The summed E-state index contributed by atoms with van der Waals surface area (Å²) in [6, 6.07) is 6.17. The van der Waals surface area contributed by atoms with Crippen molar-refractivity contribution in [1.82, 2.24) is 5.32 Å². The van der Waals surface area contributed by atoms with Gasteiger partial charge in [0.15, 0.2) is 0 Å². The number of Topliss-reactive ketones (excluding diaryl/α,β-unsaturated/α-hetero) is 1. The van der Waals surface area contributed by atoms with Crippen molar-refractivity contribution < 1.29 is 14.3 Å². The van der Waals surface area contributed by atoms with Crippen molar-refractivity contribution in [3.63, 3.8) is 0 Å². The summed E-state index contributed by atoms with van der Waals surface area (Å²) in [7, 11) is 0. The Balaban J connectivity index is 1.52. The summed E-state index contributed by atoms with van der Waals surface area (Å²) < 4.78 is 5.07. The van der Waals surface area contributed by atoms with Gasteiger partial charge < -0.3 is 4.74 Å². The molecule has 5 heteroatoms. The number of hydrogen-bond acceptors (Lipinski definition) is 5. The highest BCUT2D eigenvalue weighted by Crippen LogP contribution is 2.32. The Morgan fingerprint density at radius 3 is 2.88 bits per heavy atom. The number of carbonyl (C=O) groups excluding carboxylic acids is 2. The highest BCUT2D eigenvalue weighted by atomic mass is 32.2. The van der Waals surface area contributed by atoms with Crippen molar-refractivity contribution >= 4 is 23.5 Å². The quantitative estimate of drug-likeness (QED) is 0.802. The fourth-order valence-electron chi connectivity index (χ4n) is 3.68. The van der Waals surface area contributed by atoms with Crippen molar-refractivity contribution in [3.05, 3.63) is 34.9 Å². The average Bonchev–Trinajstić information content (AvgIpc) is 3.19. The molecule has 3 rings (SSSR count). The third kappa shape index (κ3) is 3.83. The zero-order valence-electron chi connectivity index (χ0n) is 14.3. The van der Waals surface area contributed by atoms with E-state index >= 15 is 0 Å². The predicted molar refractivity (Wildman–Crippen MR) is 96.1 cm³/mol. The first-order valence-corrected chi connectivity index (χ1v) is 9.76. The molecule has 130 valence electrons. The van der Waals surface area contributed by atoms with E-state index in [1.807, 2.05) is 0 Å². The van der Waals surface area contributed by atoms with E-state index < -0.39 is 6.04 Å². The topological polar surface area (TPSA) is 55.4 Å². The number of nitrogens with one attached hydrogen (secondary N) is 1. The first-order valence-electron chi connectivity index (χ1n) is 8.71. The third-order valence-corrected chi connectivity index (χ3v) is 6.13. The van der Waals surface area contributed by atoms with Gasteiger partial charge in [0.25, 0.3) is 0 Å². The van der Waals surface area contributed by atoms with Gasteiger partial charge in [-0.2, -0.15) is 0 Å². The number of carbonyl (C=O) groups is 2. The van der Waals surface area contributed by atoms with Crippen LogP contribution in [0.2, 0.25) is 0 Å².